The van der Waals surface area contributed by atoms with Gasteiger partial charge in [-0.15, -0.1) is 0 Å². The summed E-state index contributed by atoms with van der Waals surface area (Å²) in [4.78, 5) is 35.1. The van der Waals surface area contributed by atoms with Gasteiger partial charge in [-0.05, 0) is 43.0 Å². The second kappa shape index (κ2) is 8.34. The Morgan fingerprint density at radius 1 is 0.931 bits per heavy atom. The van der Waals surface area contributed by atoms with Crippen LogP contribution < -0.4 is 5.32 Å². The molecule has 2 aromatic rings. The fraction of sp³-hybridized carbons (Fsp3) is 0.318. The van der Waals surface area contributed by atoms with Crippen molar-refractivity contribution < 1.29 is 28.6 Å². The van der Waals surface area contributed by atoms with E-state index in [1.165, 1.54) is 0 Å². The molecule has 0 fully saturated rings. The van der Waals surface area contributed by atoms with E-state index in [0.717, 1.165) is 22.3 Å². The highest BCUT2D eigenvalue weighted by molar-refractivity contribution is 5.85. The first kappa shape index (κ1) is 20.4. The number of esters is 1. The minimum absolute atomic E-state index is 0.0816. The molecule has 7 heteroatoms. The van der Waals surface area contributed by atoms with Gasteiger partial charge in [0.25, 0.3) is 0 Å². The van der Waals surface area contributed by atoms with Gasteiger partial charge in [-0.25, -0.2) is 14.4 Å². The molecule has 1 aliphatic rings. The molecule has 0 heterocycles. The number of hydrogen-bond donors (Lipinski definition) is 1. The van der Waals surface area contributed by atoms with Crippen LogP contribution in [0.15, 0.2) is 48.5 Å². The predicted molar refractivity (Wildman–Crippen MR) is 105 cm³/mol. The molecule has 1 N–H and O–H groups in total. The third-order valence-electron chi connectivity index (χ3n) is 4.31. The SMILES string of the molecule is CC(C)(C)OC(=O)OC(=O)CNC(=O)OCC1c2ccccc2-c2ccccc21. The summed E-state index contributed by atoms with van der Waals surface area (Å²) in [6, 6.07) is 16.0. The second-order valence-corrected chi connectivity index (χ2v) is 7.62. The normalized spacial score (nSPS) is 12.5. The van der Waals surface area contributed by atoms with E-state index in [1.54, 1.807) is 20.8 Å². The van der Waals surface area contributed by atoms with Crippen molar-refractivity contribution in [2.45, 2.75) is 32.3 Å². The Morgan fingerprint density at radius 3 is 2.03 bits per heavy atom. The van der Waals surface area contributed by atoms with Crippen LogP contribution in [0, 0.1) is 0 Å². The third kappa shape index (κ3) is 5.13. The number of carbonyl (C=O) groups is 3. The highest BCUT2D eigenvalue weighted by Crippen LogP contribution is 2.44. The molecule has 0 saturated carbocycles. The number of ether oxygens (including phenoxy) is 3. The van der Waals surface area contributed by atoms with Crippen molar-refractivity contribution in [2.75, 3.05) is 13.2 Å². The Morgan fingerprint density at radius 2 is 1.48 bits per heavy atom. The minimum atomic E-state index is -1.11. The van der Waals surface area contributed by atoms with Crippen molar-refractivity contribution in [3.63, 3.8) is 0 Å². The first-order valence-electron chi connectivity index (χ1n) is 9.27. The fourth-order valence-electron chi connectivity index (χ4n) is 3.19. The molecule has 1 amide bonds. The molecule has 2 aromatic carbocycles. The van der Waals surface area contributed by atoms with Crippen LogP contribution in [0.1, 0.15) is 37.8 Å². The molecule has 0 atom stereocenters. The van der Waals surface area contributed by atoms with Crippen molar-refractivity contribution in [2.24, 2.45) is 0 Å². The Labute approximate surface area is 169 Å². The Balaban J connectivity index is 1.51. The summed E-state index contributed by atoms with van der Waals surface area (Å²) in [5, 5.41) is 2.28. The lowest BCUT2D eigenvalue weighted by atomic mass is 9.98. The van der Waals surface area contributed by atoms with Crippen molar-refractivity contribution in [1.82, 2.24) is 5.32 Å². The quantitative estimate of drug-likeness (QED) is 0.619. The summed E-state index contributed by atoms with van der Waals surface area (Å²) >= 11 is 0. The number of fused-ring (bicyclic) bond motifs is 3. The van der Waals surface area contributed by atoms with Gasteiger partial charge in [0, 0.05) is 5.92 Å². The topological polar surface area (TPSA) is 90.9 Å². The van der Waals surface area contributed by atoms with Crippen LogP contribution in [0.5, 0.6) is 0 Å². The highest BCUT2D eigenvalue weighted by atomic mass is 16.7. The van der Waals surface area contributed by atoms with Crippen molar-refractivity contribution in [1.29, 1.82) is 0 Å². The molecule has 7 nitrogen and oxygen atoms in total. The largest absolute Gasteiger partial charge is 0.516 e. The molecule has 29 heavy (non-hydrogen) atoms. The van der Waals surface area contributed by atoms with E-state index in [4.69, 9.17) is 9.47 Å². The number of hydrogen-bond acceptors (Lipinski definition) is 6. The lowest BCUT2D eigenvalue weighted by Gasteiger charge is -2.18. The van der Waals surface area contributed by atoms with Crippen molar-refractivity contribution in [3.05, 3.63) is 59.7 Å². The van der Waals surface area contributed by atoms with Gasteiger partial charge >= 0.3 is 18.2 Å². The highest BCUT2D eigenvalue weighted by Gasteiger charge is 2.29. The standard InChI is InChI=1S/C22H23NO6/c1-22(2,3)29-21(26)28-19(24)12-23-20(25)27-13-18-16-10-6-4-8-14(16)15-9-5-7-11-17(15)18/h4-11,18H,12-13H2,1-3H3,(H,23,25). The zero-order chi connectivity index (χ0) is 21.0. The van der Waals surface area contributed by atoms with Crippen LogP contribution in [0.3, 0.4) is 0 Å². The summed E-state index contributed by atoms with van der Waals surface area (Å²) in [5.74, 6) is -1.02. The fourth-order valence-corrected chi connectivity index (χ4v) is 3.19. The Hall–Kier alpha value is -3.35. The first-order chi connectivity index (χ1) is 13.7. The molecule has 0 saturated heterocycles. The van der Waals surface area contributed by atoms with E-state index >= 15 is 0 Å². The smallest absolute Gasteiger partial charge is 0.449 e. The molecule has 0 bridgehead atoms. The summed E-state index contributed by atoms with van der Waals surface area (Å²) < 4.78 is 14.6. The molecule has 3 rings (SSSR count). The number of nitrogens with one attached hydrogen (secondary N) is 1. The average molecular weight is 397 g/mol. The molecule has 0 radical (unpaired) electrons. The van der Waals surface area contributed by atoms with Gasteiger partial charge in [0.1, 0.15) is 18.8 Å². The van der Waals surface area contributed by atoms with E-state index in [9.17, 15) is 14.4 Å². The maximum absolute atomic E-state index is 12.0. The third-order valence-corrected chi connectivity index (χ3v) is 4.31. The predicted octanol–water partition coefficient (Wildman–Crippen LogP) is 4.00. The lowest BCUT2D eigenvalue weighted by molar-refractivity contribution is -0.140. The van der Waals surface area contributed by atoms with Crippen molar-refractivity contribution >= 4 is 18.2 Å². The zero-order valence-electron chi connectivity index (χ0n) is 16.6. The molecule has 0 unspecified atom stereocenters. The van der Waals surface area contributed by atoms with Crippen LogP contribution >= 0.6 is 0 Å². The summed E-state index contributed by atoms with van der Waals surface area (Å²) in [6.45, 7) is 4.56. The number of amides is 1. The van der Waals surface area contributed by atoms with Crippen LogP contribution in [0.4, 0.5) is 9.59 Å². The number of alkyl carbamates (subject to hydrolysis) is 1. The van der Waals surface area contributed by atoms with Gasteiger partial charge in [-0.1, -0.05) is 48.5 Å². The monoisotopic (exact) mass is 397 g/mol. The van der Waals surface area contributed by atoms with E-state index in [0.29, 0.717) is 0 Å². The summed E-state index contributed by atoms with van der Waals surface area (Å²) in [7, 11) is 0. The molecule has 0 spiro atoms. The Bertz CT molecular complexity index is 885. The number of benzene rings is 2. The van der Waals surface area contributed by atoms with Crippen LogP contribution in [-0.2, 0) is 19.0 Å². The van der Waals surface area contributed by atoms with E-state index in [2.05, 4.69) is 10.1 Å². The average Bonchev–Trinajstić information content (AvgIpc) is 2.97. The molecular formula is C22H23NO6. The number of rotatable bonds is 4. The molecular weight excluding hydrogens is 374 g/mol. The molecule has 0 aromatic heterocycles. The van der Waals surface area contributed by atoms with Crippen LogP contribution in [0.25, 0.3) is 11.1 Å². The van der Waals surface area contributed by atoms with Gasteiger partial charge in [-0.2, -0.15) is 0 Å². The minimum Gasteiger partial charge on any atom is -0.449 e. The van der Waals surface area contributed by atoms with Crippen molar-refractivity contribution in [3.8, 4) is 11.1 Å². The summed E-state index contributed by atoms with van der Waals surface area (Å²) in [6.07, 6.45) is -1.88. The maximum atomic E-state index is 12.0. The van der Waals surface area contributed by atoms with E-state index in [1.807, 2.05) is 48.5 Å². The molecule has 1 aliphatic carbocycles. The lowest BCUT2D eigenvalue weighted by Crippen LogP contribution is -2.34. The zero-order valence-corrected chi connectivity index (χ0v) is 16.6. The van der Waals surface area contributed by atoms with Gasteiger partial charge in [-0.3, -0.25) is 0 Å². The van der Waals surface area contributed by atoms with Crippen LogP contribution in [0.2, 0.25) is 0 Å². The van der Waals surface area contributed by atoms with Gasteiger partial charge < -0.3 is 19.5 Å². The number of carbonyl (C=O) groups excluding carboxylic acids is 3. The summed E-state index contributed by atoms with van der Waals surface area (Å²) in [5.41, 5.74) is 3.64. The maximum Gasteiger partial charge on any atom is 0.516 e. The second-order valence-electron chi connectivity index (χ2n) is 7.62. The van der Waals surface area contributed by atoms with Crippen LogP contribution in [-0.4, -0.2) is 37.0 Å². The van der Waals surface area contributed by atoms with Gasteiger partial charge in [0.05, 0.1) is 0 Å². The Kier molecular flexibility index (Phi) is 5.87. The van der Waals surface area contributed by atoms with Gasteiger partial charge in [0.15, 0.2) is 0 Å². The van der Waals surface area contributed by atoms with Gasteiger partial charge in [0.2, 0.25) is 0 Å². The van der Waals surface area contributed by atoms with E-state index < -0.39 is 30.4 Å². The van der Waals surface area contributed by atoms with E-state index in [-0.39, 0.29) is 12.5 Å². The molecule has 152 valence electrons. The first-order valence-corrected chi connectivity index (χ1v) is 9.27. The molecule has 0 aliphatic heterocycles.